The zero-order chi connectivity index (χ0) is 24.9. The molecule has 2 aromatic heterocycles. The number of aromatic nitrogens is 4. The van der Waals surface area contributed by atoms with Crippen LogP contribution in [0.1, 0.15) is 32.9 Å². The second-order valence-electron chi connectivity index (χ2n) is 7.98. The molecule has 0 aliphatic rings. The number of ether oxygens (including phenoxy) is 1. The van der Waals surface area contributed by atoms with Crippen molar-refractivity contribution in [3.05, 3.63) is 94.8 Å². The van der Waals surface area contributed by atoms with E-state index in [1.807, 2.05) is 36.9 Å². The first-order valence-electron chi connectivity index (χ1n) is 10.9. The van der Waals surface area contributed by atoms with Crippen molar-refractivity contribution in [2.75, 3.05) is 17.7 Å². The molecule has 0 spiro atoms. The molecule has 8 nitrogen and oxygen atoms in total. The number of anilines is 2. The van der Waals surface area contributed by atoms with Gasteiger partial charge in [-0.15, -0.1) is 0 Å². The average molecular weight is 493 g/mol. The summed E-state index contributed by atoms with van der Waals surface area (Å²) in [7, 11) is 1.37. The van der Waals surface area contributed by atoms with Gasteiger partial charge in [0.05, 0.1) is 54.7 Å². The maximum atomic E-state index is 13.1. The van der Waals surface area contributed by atoms with E-state index in [2.05, 4.69) is 20.8 Å². The Labute approximate surface area is 207 Å². The van der Waals surface area contributed by atoms with Crippen LogP contribution in [-0.2, 0) is 17.8 Å². The van der Waals surface area contributed by atoms with Gasteiger partial charge in [0.25, 0.3) is 0 Å². The van der Waals surface area contributed by atoms with Gasteiger partial charge in [0.15, 0.2) is 5.11 Å². The number of carbonyl (C=O) groups is 1. The van der Waals surface area contributed by atoms with E-state index >= 15 is 0 Å². The smallest absolute Gasteiger partial charge is 0.338 e. The Morgan fingerprint density at radius 1 is 1.09 bits per heavy atom. The second kappa shape index (κ2) is 10.5. The van der Waals surface area contributed by atoms with Crippen LogP contribution >= 0.6 is 12.2 Å². The molecule has 0 saturated carbocycles. The maximum Gasteiger partial charge on any atom is 0.338 e. The minimum Gasteiger partial charge on any atom is -0.465 e. The van der Waals surface area contributed by atoms with Crippen molar-refractivity contribution in [1.82, 2.24) is 19.6 Å². The van der Waals surface area contributed by atoms with Gasteiger partial charge in [-0.05, 0) is 55.4 Å². The van der Waals surface area contributed by atoms with Crippen LogP contribution in [0.15, 0.2) is 60.9 Å². The lowest BCUT2D eigenvalue weighted by molar-refractivity contribution is 0.0599. The number of nitrogens with zero attached hydrogens (tertiary/aromatic N) is 4. The summed E-state index contributed by atoms with van der Waals surface area (Å²) < 4.78 is 21.6. The van der Waals surface area contributed by atoms with Crippen molar-refractivity contribution >= 4 is 34.7 Å². The van der Waals surface area contributed by atoms with Gasteiger partial charge in [-0.2, -0.15) is 10.2 Å². The number of halogens is 1. The van der Waals surface area contributed by atoms with E-state index in [4.69, 9.17) is 17.0 Å². The van der Waals surface area contributed by atoms with Crippen LogP contribution in [0.5, 0.6) is 0 Å². The van der Waals surface area contributed by atoms with Crippen LogP contribution in [0.3, 0.4) is 0 Å². The molecule has 0 fully saturated rings. The SMILES string of the molecule is COC(=O)c1ccccc1Cn1nc(C)c(NC(=S)Nc2cnn(Cc3ccc(F)cc3)c2)c1C. The van der Waals surface area contributed by atoms with Crippen molar-refractivity contribution in [3.63, 3.8) is 0 Å². The first kappa shape index (κ1) is 24.1. The number of rotatable bonds is 7. The number of carbonyl (C=O) groups excluding carboxylic acids is 1. The Morgan fingerprint density at radius 3 is 2.57 bits per heavy atom. The Bertz CT molecular complexity index is 1360. The minimum absolute atomic E-state index is 0.269. The summed E-state index contributed by atoms with van der Waals surface area (Å²) in [6.45, 7) is 4.75. The maximum absolute atomic E-state index is 13.1. The molecule has 4 rings (SSSR count). The number of methoxy groups -OCH3 is 1. The number of nitrogens with one attached hydrogen (secondary N) is 2. The molecule has 0 aliphatic carbocycles. The summed E-state index contributed by atoms with van der Waals surface area (Å²) in [5.74, 6) is -0.652. The number of benzene rings is 2. The van der Waals surface area contributed by atoms with E-state index in [0.29, 0.717) is 23.8 Å². The topological polar surface area (TPSA) is 86.0 Å². The number of hydrogen-bond donors (Lipinski definition) is 2. The van der Waals surface area contributed by atoms with Gasteiger partial charge in [0.2, 0.25) is 0 Å². The first-order valence-corrected chi connectivity index (χ1v) is 11.3. The van der Waals surface area contributed by atoms with E-state index in [0.717, 1.165) is 33.9 Å². The largest absolute Gasteiger partial charge is 0.465 e. The van der Waals surface area contributed by atoms with Gasteiger partial charge in [-0.25, -0.2) is 9.18 Å². The summed E-state index contributed by atoms with van der Waals surface area (Å²) in [5, 5.41) is 15.7. The van der Waals surface area contributed by atoms with Gasteiger partial charge in [0.1, 0.15) is 5.82 Å². The third kappa shape index (κ3) is 5.72. The molecule has 35 heavy (non-hydrogen) atoms. The summed E-state index contributed by atoms with van der Waals surface area (Å²) in [4.78, 5) is 12.1. The summed E-state index contributed by atoms with van der Waals surface area (Å²) >= 11 is 5.50. The lowest BCUT2D eigenvalue weighted by Crippen LogP contribution is -2.19. The highest BCUT2D eigenvalue weighted by Crippen LogP contribution is 2.22. The standard InChI is InChI=1S/C25H25FN6O2S/c1-16-23(17(2)32(30-16)14-19-6-4-5-7-22(19)24(33)34-3)29-25(35)28-21-12-27-31(15-21)13-18-8-10-20(26)11-9-18/h4-12,15H,13-14H2,1-3H3,(H2,28,29,35). The summed E-state index contributed by atoms with van der Waals surface area (Å²) in [5.41, 5.74) is 5.41. The molecule has 0 bridgehead atoms. The fourth-order valence-electron chi connectivity index (χ4n) is 3.73. The zero-order valence-corrected chi connectivity index (χ0v) is 20.4. The van der Waals surface area contributed by atoms with Crippen LogP contribution in [0.2, 0.25) is 0 Å². The quantitative estimate of drug-likeness (QED) is 0.290. The lowest BCUT2D eigenvalue weighted by Gasteiger charge is -2.11. The van der Waals surface area contributed by atoms with Crippen LogP contribution < -0.4 is 10.6 Å². The Kier molecular flexibility index (Phi) is 7.21. The van der Waals surface area contributed by atoms with Gasteiger partial charge < -0.3 is 15.4 Å². The lowest BCUT2D eigenvalue weighted by atomic mass is 10.1. The highest BCUT2D eigenvalue weighted by molar-refractivity contribution is 7.80. The molecule has 2 aromatic carbocycles. The van der Waals surface area contributed by atoms with E-state index in [1.54, 1.807) is 35.1 Å². The number of esters is 1. The summed E-state index contributed by atoms with van der Waals surface area (Å²) in [6.07, 6.45) is 3.49. The molecule has 0 amide bonds. The minimum atomic E-state index is -0.383. The van der Waals surface area contributed by atoms with Crippen LogP contribution in [-0.4, -0.2) is 37.8 Å². The zero-order valence-electron chi connectivity index (χ0n) is 19.6. The second-order valence-corrected chi connectivity index (χ2v) is 8.39. The van der Waals surface area contributed by atoms with E-state index < -0.39 is 0 Å². The normalized spacial score (nSPS) is 10.7. The Hall–Kier alpha value is -4.05. The predicted molar refractivity (Wildman–Crippen MR) is 136 cm³/mol. The molecule has 2 heterocycles. The van der Waals surface area contributed by atoms with E-state index in [1.165, 1.54) is 19.2 Å². The van der Waals surface area contributed by atoms with Gasteiger partial charge >= 0.3 is 5.97 Å². The van der Waals surface area contributed by atoms with Crippen LogP contribution in [0.4, 0.5) is 15.8 Å². The van der Waals surface area contributed by atoms with Gasteiger partial charge in [-0.1, -0.05) is 30.3 Å². The van der Waals surface area contributed by atoms with Crippen LogP contribution in [0.25, 0.3) is 0 Å². The fourth-order valence-corrected chi connectivity index (χ4v) is 3.95. The van der Waals surface area contributed by atoms with Crippen LogP contribution in [0, 0.1) is 19.7 Å². The highest BCUT2D eigenvalue weighted by atomic mass is 32.1. The molecule has 10 heteroatoms. The fraction of sp³-hybridized carbons (Fsp3) is 0.200. The molecule has 180 valence electrons. The molecule has 0 radical (unpaired) electrons. The van der Waals surface area contributed by atoms with E-state index in [-0.39, 0.29) is 11.8 Å². The molecule has 0 unspecified atom stereocenters. The van der Waals surface area contributed by atoms with Gasteiger partial charge in [0, 0.05) is 6.20 Å². The number of thiocarbonyl (C=S) groups is 1. The third-order valence-electron chi connectivity index (χ3n) is 5.51. The molecular formula is C25H25FN6O2S. The molecule has 4 aromatic rings. The first-order chi connectivity index (χ1) is 16.8. The average Bonchev–Trinajstić information content (AvgIpc) is 3.39. The van der Waals surface area contributed by atoms with Crippen molar-refractivity contribution in [1.29, 1.82) is 0 Å². The molecule has 0 aliphatic heterocycles. The third-order valence-corrected chi connectivity index (χ3v) is 5.72. The molecule has 2 N–H and O–H groups in total. The van der Waals surface area contributed by atoms with E-state index in [9.17, 15) is 9.18 Å². The molecule has 0 saturated heterocycles. The van der Waals surface area contributed by atoms with Crippen molar-refractivity contribution in [2.45, 2.75) is 26.9 Å². The molecule has 0 atom stereocenters. The number of aryl methyl sites for hydroxylation is 1. The Balaban J connectivity index is 1.42. The monoisotopic (exact) mass is 492 g/mol. The summed E-state index contributed by atoms with van der Waals surface area (Å²) in [6, 6.07) is 13.6. The highest BCUT2D eigenvalue weighted by Gasteiger charge is 2.16. The van der Waals surface area contributed by atoms with Gasteiger partial charge in [-0.3, -0.25) is 9.36 Å². The van der Waals surface area contributed by atoms with Crippen molar-refractivity contribution in [2.24, 2.45) is 0 Å². The number of hydrogen-bond acceptors (Lipinski definition) is 5. The molecular weight excluding hydrogens is 467 g/mol. The Morgan fingerprint density at radius 2 is 1.83 bits per heavy atom. The van der Waals surface area contributed by atoms with Crippen molar-refractivity contribution < 1.29 is 13.9 Å². The van der Waals surface area contributed by atoms with Crippen molar-refractivity contribution in [3.8, 4) is 0 Å². The predicted octanol–water partition coefficient (Wildman–Crippen LogP) is 4.53.